The summed E-state index contributed by atoms with van der Waals surface area (Å²) in [4.78, 5) is 0. The summed E-state index contributed by atoms with van der Waals surface area (Å²) < 4.78 is 0. The summed E-state index contributed by atoms with van der Waals surface area (Å²) in [6.45, 7) is 5.09. The van der Waals surface area contributed by atoms with E-state index in [-0.39, 0.29) is 18.9 Å². The summed E-state index contributed by atoms with van der Waals surface area (Å²) >= 11 is 0. The first-order valence-corrected chi connectivity index (χ1v) is 10.9. The average Bonchev–Trinajstić information content (AvgIpc) is 3.12. The van der Waals surface area contributed by atoms with E-state index in [9.17, 15) is 0 Å². The molecule has 0 saturated heterocycles. The van der Waals surface area contributed by atoms with Crippen LogP contribution in [0.2, 0.25) is 13.1 Å². The first-order chi connectivity index (χ1) is 10.2. The number of fused-ring (bicyclic) bond motifs is 2. The number of allylic oxidation sites excluding steroid dienone is 2. The molecule has 0 aromatic heterocycles. The van der Waals surface area contributed by atoms with Gasteiger partial charge in [-0.2, -0.15) is 0 Å². The summed E-state index contributed by atoms with van der Waals surface area (Å²) in [5, 5.41) is 0. The zero-order valence-electron chi connectivity index (χ0n) is 12.6. The van der Waals surface area contributed by atoms with E-state index in [1.807, 2.05) is 0 Å². The van der Waals surface area contributed by atoms with Gasteiger partial charge in [-0.05, 0) is 33.3 Å². The summed E-state index contributed by atoms with van der Waals surface area (Å²) in [6.07, 6.45) is 9.54. The molecule has 0 bridgehead atoms. The molecule has 2 atom stereocenters. The monoisotopic (exact) mass is 296 g/mol. The van der Waals surface area contributed by atoms with E-state index in [0.717, 1.165) is 0 Å². The van der Waals surface area contributed by atoms with Crippen molar-refractivity contribution in [3.8, 4) is 0 Å². The van der Waals surface area contributed by atoms with Crippen molar-refractivity contribution in [3.05, 3.63) is 82.9 Å². The van der Waals surface area contributed by atoms with E-state index in [2.05, 4.69) is 85.9 Å². The van der Waals surface area contributed by atoms with Crippen LogP contribution < -0.4 is 0 Å². The summed E-state index contributed by atoms with van der Waals surface area (Å²) in [5.41, 5.74) is 7.14. The van der Waals surface area contributed by atoms with Crippen LogP contribution in [0.1, 0.15) is 33.3 Å². The second-order valence-corrected chi connectivity index (χ2v) is 11.6. The van der Waals surface area contributed by atoms with Gasteiger partial charge in [0.2, 0.25) is 0 Å². The molecule has 0 fully saturated rings. The molecule has 0 amide bonds. The Morgan fingerprint density at radius 3 is 1.55 bits per heavy atom. The molecule has 0 radical (unpaired) electrons. The molecule has 0 saturated carbocycles. The molecule has 22 heavy (non-hydrogen) atoms. The van der Waals surface area contributed by atoms with Gasteiger partial charge >= 0.3 is 18.9 Å². The predicted molar refractivity (Wildman–Crippen MR) is 101 cm³/mol. The van der Waals surface area contributed by atoms with Crippen molar-refractivity contribution in [2.45, 2.75) is 24.2 Å². The fraction of sp³-hybridized carbons (Fsp3) is 0.200. The molecule has 0 nitrogen and oxygen atoms in total. The van der Waals surface area contributed by atoms with E-state index in [1.54, 1.807) is 0 Å². The van der Waals surface area contributed by atoms with Crippen LogP contribution >= 0.6 is 0 Å². The normalized spacial score (nSPS) is 21.4. The molecule has 0 spiro atoms. The van der Waals surface area contributed by atoms with Crippen molar-refractivity contribution in [2.24, 2.45) is 0 Å². The molecular weight excluding hydrogens is 275 g/mol. The van der Waals surface area contributed by atoms with Gasteiger partial charge in [-0.25, -0.2) is 0 Å². The standard InChI is InChI=1S/C20H20Si.Li.H/c1-21(2,19-13-11-15-7-3-5-9-17(15)19)20-14-12-16-8-4-6-10-18(16)20;;/h3-14,19-20H,1-2H3;;. The SMILES string of the molecule is C[Si](C)(C1C=Cc2ccccc21)C1C=Cc2ccccc21.[LiH]. The molecule has 106 valence electrons. The van der Waals surface area contributed by atoms with Gasteiger partial charge in [0.1, 0.15) is 0 Å². The van der Waals surface area contributed by atoms with E-state index < -0.39 is 8.07 Å². The summed E-state index contributed by atoms with van der Waals surface area (Å²) in [7, 11) is -1.51. The van der Waals surface area contributed by atoms with Gasteiger partial charge in [-0.15, -0.1) is 0 Å². The number of benzene rings is 2. The maximum absolute atomic E-state index is 2.54. The molecule has 2 aliphatic carbocycles. The topological polar surface area (TPSA) is 0 Å². The number of rotatable bonds is 2. The van der Waals surface area contributed by atoms with Crippen molar-refractivity contribution in [1.29, 1.82) is 0 Å². The van der Waals surface area contributed by atoms with Crippen LogP contribution in [0.25, 0.3) is 12.2 Å². The van der Waals surface area contributed by atoms with Crippen molar-refractivity contribution >= 4 is 39.1 Å². The summed E-state index contributed by atoms with van der Waals surface area (Å²) in [6, 6.07) is 17.8. The van der Waals surface area contributed by atoms with Crippen LogP contribution in [0, 0.1) is 0 Å². The molecule has 0 aliphatic heterocycles. The van der Waals surface area contributed by atoms with Crippen LogP contribution in [0.5, 0.6) is 0 Å². The third-order valence-corrected chi connectivity index (χ3v) is 9.41. The van der Waals surface area contributed by atoms with Crippen LogP contribution in [0.15, 0.2) is 60.7 Å². The first kappa shape index (κ1) is 15.6. The van der Waals surface area contributed by atoms with Gasteiger partial charge in [0.25, 0.3) is 0 Å². The third-order valence-electron chi connectivity index (χ3n) is 5.20. The summed E-state index contributed by atoms with van der Waals surface area (Å²) in [5.74, 6) is 0. The Labute approximate surface area is 146 Å². The molecule has 0 N–H and O–H groups in total. The number of hydrogen-bond acceptors (Lipinski definition) is 0. The zero-order valence-corrected chi connectivity index (χ0v) is 13.6. The van der Waals surface area contributed by atoms with Gasteiger partial charge in [-0.1, -0.05) is 85.9 Å². The Bertz CT molecular complexity index is 694. The molecular formula is C20H21LiSi. The van der Waals surface area contributed by atoms with Crippen LogP contribution in [-0.2, 0) is 0 Å². The van der Waals surface area contributed by atoms with Gasteiger partial charge in [0.15, 0.2) is 0 Å². The third kappa shape index (κ3) is 2.29. The van der Waals surface area contributed by atoms with Crippen LogP contribution in [0.3, 0.4) is 0 Å². The van der Waals surface area contributed by atoms with Gasteiger partial charge in [0, 0.05) is 0 Å². The molecule has 2 aromatic rings. The maximum atomic E-state index is 2.54. The van der Waals surface area contributed by atoms with E-state index in [0.29, 0.717) is 11.1 Å². The molecule has 4 rings (SSSR count). The van der Waals surface area contributed by atoms with Crippen LogP contribution in [0.4, 0.5) is 0 Å². The Balaban J connectivity index is 0.00000144. The Kier molecular flexibility index (Phi) is 4.08. The molecule has 2 aliphatic rings. The van der Waals surface area contributed by atoms with Crippen molar-refractivity contribution in [2.75, 3.05) is 0 Å². The Hall–Kier alpha value is -1.27. The van der Waals surface area contributed by atoms with E-state index in [1.165, 1.54) is 22.3 Å². The fourth-order valence-corrected chi connectivity index (χ4v) is 7.69. The van der Waals surface area contributed by atoms with E-state index in [4.69, 9.17) is 0 Å². The first-order valence-electron chi connectivity index (χ1n) is 7.72. The van der Waals surface area contributed by atoms with Crippen LogP contribution in [-0.4, -0.2) is 26.9 Å². The second kappa shape index (κ2) is 5.74. The molecule has 2 aromatic carbocycles. The van der Waals surface area contributed by atoms with Crippen molar-refractivity contribution < 1.29 is 0 Å². The van der Waals surface area contributed by atoms with Gasteiger partial charge in [-0.3, -0.25) is 0 Å². The fourth-order valence-electron chi connectivity index (χ4n) is 3.99. The van der Waals surface area contributed by atoms with Gasteiger partial charge in [0.05, 0.1) is 8.07 Å². The van der Waals surface area contributed by atoms with Crippen molar-refractivity contribution in [1.82, 2.24) is 0 Å². The van der Waals surface area contributed by atoms with E-state index >= 15 is 0 Å². The minimum atomic E-state index is -1.51. The Morgan fingerprint density at radius 2 is 1.09 bits per heavy atom. The minimum absolute atomic E-state index is 0. The molecule has 0 heterocycles. The van der Waals surface area contributed by atoms with Crippen molar-refractivity contribution in [3.63, 3.8) is 0 Å². The predicted octanol–water partition coefficient (Wildman–Crippen LogP) is 4.75. The zero-order chi connectivity index (χ0) is 14.4. The molecule has 2 heteroatoms. The molecule has 2 unspecified atom stereocenters. The number of hydrogen-bond donors (Lipinski definition) is 0. The average molecular weight is 296 g/mol. The van der Waals surface area contributed by atoms with Gasteiger partial charge < -0.3 is 0 Å². The second-order valence-electron chi connectivity index (χ2n) is 6.75. The quantitative estimate of drug-likeness (QED) is 0.702. The Morgan fingerprint density at radius 1 is 0.682 bits per heavy atom.